The molecule has 0 radical (unpaired) electrons. The topological polar surface area (TPSA) is 67.2 Å². The fraction of sp³-hybridized carbons (Fsp3) is 0.267. The molecule has 4 nitrogen and oxygen atoms in total. The van der Waals surface area contributed by atoms with Crippen molar-refractivity contribution < 1.29 is 14.3 Å². The third kappa shape index (κ3) is 4.40. The molecule has 0 aliphatic carbocycles. The summed E-state index contributed by atoms with van der Waals surface area (Å²) in [4.78, 5) is 23.3. The minimum absolute atomic E-state index is 0.0243. The number of ketones is 1. The molecule has 0 N–H and O–H groups in total. The Bertz CT molecular complexity index is 565. The average molecular weight is 257 g/mol. The van der Waals surface area contributed by atoms with E-state index in [1.54, 1.807) is 38.1 Å². The summed E-state index contributed by atoms with van der Waals surface area (Å²) in [6, 6.07) is 8.66. The Labute approximate surface area is 112 Å². The molecule has 1 aromatic carbocycles. The predicted molar refractivity (Wildman–Crippen MR) is 71.0 cm³/mol. The van der Waals surface area contributed by atoms with Gasteiger partial charge < -0.3 is 4.74 Å². The Hall–Kier alpha value is -2.41. The van der Waals surface area contributed by atoms with Gasteiger partial charge in [-0.15, -0.1) is 0 Å². The number of nitrogens with zero attached hydrogens (tertiary/aromatic N) is 1. The fourth-order valence-electron chi connectivity index (χ4n) is 1.45. The second-order valence-electron chi connectivity index (χ2n) is 4.31. The maximum atomic E-state index is 11.8. The Morgan fingerprint density at radius 2 is 2.05 bits per heavy atom. The first-order chi connectivity index (χ1) is 8.93. The lowest BCUT2D eigenvalue weighted by atomic mass is 10.1. The molecule has 0 saturated heterocycles. The van der Waals surface area contributed by atoms with Crippen LogP contribution in [0, 0.1) is 11.3 Å². The van der Waals surface area contributed by atoms with Gasteiger partial charge in [0.2, 0.25) is 0 Å². The van der Waals surface area contributed by atoms with E-state index < -0.39 is 5.97 Å². The Morgan fingerprint density at radius 3 is 2.58 bits per heavy atom. The summed E-state index contributed by atoms with van der Waals surface area (Å²) in [6.07, 6.45) is 1.15. The van der Waals surface area contributed by atoms with Gasteiger partial charge in [0.1, 0.15) is 5.57 Å². The van der Waals surface area contributed by atoms with Crippen LogP contribution in [0.5, 0.6) is 0 Å². The summed E-state index contributed by atoms with van der Waals surface area (Å²) in [5.74, 6) is -1.02. The number of hydrogen-bond donors (Lipinski definition) is 0. The van der Waals surface area contributed by atoms with Crippen molar-refractivity contribution in [3.05, 3.63) is 41.0 Å². The van der Waals surface area contributed by atoms with Crippen molar-refractivity contribution in [2.24, 2.45) is 0 Å². The van der Waals surface area contributed by atoms with E-state index in [4.69, 9.17) is 10.00 Å². The van der Waals surface area contributed by atoms with Crippen molar-refractivity contribution >= 4 is 17.8 Å². The lowest BCUT2D eigenvalue weighted by molar-refractivity contribution is -0.143. The Morgan fingerprint density at radius 1 is 1.37 bits per heavy atom. The first-order valence-electron chi connectivity index (χ1n) is 5.88. The second kappa shape index (κ2) is 6.50. The summed E-state index contributed by atoms with van der Waals surface area (Å²) in [5.41, 5.74) is 1.06. The second-order valence-corrected chi connectivity index (χ2v) is 4.31. The Kier molecular flexibility index (Phi) is 5.01. The van der Waals surface area contributed by atoms with Crippen LogP contribution in [0.3, 0.4) is 0 Å². The van der Waals surface area contributed by atoms with Crippen LogP contribution in [0.4, 0.5) is 0 Å². The van der Waals surface area contributed by atoms with Gasteiger partial charge in [-0.25, -0.2) is 4.79 Å². The highest BCUT2D eigenvalue weighted by Crippen LogP contribution is 2.12. The Balaban J connectivity index is 3.11. The van der Waals surface area contributed by atoms with Crippen LogP contribution in [-0.4, -0.2) is 17.9 Å². The van der Waals surface area contributed by atoms with E-state index in [9.17, 15) is 9.59 Å². The van der Waals surface area contributed by atoms with Crippen molar-refractivity contribution in [1.82, 2.24) is 0 Å². The molecular formula is C15H15NO3. The van der Waals surface area contributed by atoms with E-state index >= 15 is 0 Å². The van der Waals surface area contributed by atoms with E-state index in [-0.39, 0.29) is 17.5 Å². The van der Waals surface area contributed by atoms with Crippen LogP contribution in [-0.2, 0) is 14.3 Å². The number of Topliss-reactive ketones (excluding diaryl/α,β-unsaturated/α-hetero) is 1. The highest BCUT2D eigenvalue weighted by Gasteiger charge is 2.17. The van der Waals surface area contributed by atoms with Gasteiger partial charge in [0.05, 0.1) is 17.7 Å². The van der Waals surface area contributed by atoms with Gasteiger partial charge in [0.15, 0.2) is 5.78 Å². The van der Waals surface area contributed by atoms with Gasteiger partial charge in [-0.05, 0) is 44.5 Å². The van der Waals surface area contributed by atoms with Gasteiger partial charge >= 0.3 is 5.97 Å². The zero-order valence-electron chi connectivity index (χ0n) is 11.1. The third-order valence-electron chi connectivity index (χ3n) is 2.27. The van der Waals surface area contributed by atoms with Gasteiger partial charge in [0, 0.05) is 0 Å². The molecule has 1 aromatic rings. The molecule has 0 amide bonds. The number of ether oxygens (including phenoxy) is 1. The number of rotatable bonds is 4. The number of carbonyl (C=O) groups is 2. The van der Waals surface area contributed by atoms with E-state index in [0.29, 0.717) is 11.1 Å². The number of carbonyl (C=O) groups excluding carboxylic acids is 2. The van der Waals surface area contributed by atoms with Crippen molar-refractivity contribution in [2.75, 3.05) is 0 Å². The normalized spacial score (nSPS) is 11.0. The van der Waals surface area contributed by atoms with Crippen molar-refractivity contribution in [3.63, 3.8) is 0 Å². The fourth-order valence-corrected chi connectivity index (χ4v) is 1.45. The molecule has 0 saturated carbocycles. The van der Waals surface area contributed by atoms with Crippen molar-refractivity contribution in [1.29, 1.82) is 5.26 Å². The number of hydrogen-bond acceptors (Lipinski definition) is 4. The molecule has 98 valence electrons. The average Bonchev–Trinajstić information content (AvgIpc) is 2.34. The number of benzene rings is 1. The van der Waals surface area contributed by atoms with Gasteiger partial charge in [-0.1, -0.05) is 12.1 Å². The molecule has 0 aromatic heterocycles. The van der Waals surface area contributed by atoms with Crippen LogP contribution in [0.1, 0.15) is 31.9 Å². The van der Waals surface area contributed by atoms with Crippen LogP contribution >= 0.6 is 0 Å². The summed E-state index contributed by atoms with van der Waals surface area (Å²) in [6.45, 7) is 4.74. The molecule has 0 aliphatic rings. The van der Waals surface area contributed by atoms with Crippen molar-refractivity contribution in [3.8, 4) is 6.07 Å². The molecule has 0 aliphatic heterocycles. The molecule has 0 fully saturated rings. The number of nitriles is 1. The highest BCUT2D eigenvalue weighted by molar-refractivity contribution is 6.19. The predicted octanol–water partition coefficient (Wildman–Crippen LogP) is 2.48. The van der Waals surface area contributed by atoms with Gasteiger partial charge in [-0.3, -0.25) is 4.79 Å². The lowest BCUT2D eigenvalue weighted by Gasteiger charge is -2.09. The maximum absolute atomic E-state index is 11.8. The van der Waals surface area contributed by atoms with Gasteiger partial charge in [-0.2, -0.15) is 5.26 Å². The van der Waals surface area contributed by atoms with Crippen LogP contribution < -0.4 is 0 Å². The van der Waals surface area contributed by atoms with E-state index in [1.807, 2.05) is 6.07 Å². The summed E-state index contributed by atoms with van der Waals surface area (Å²) >= 11 is 0. The van der Waals surface area contributed by atoms with E-state index in [1.165, 1.54) is 13.0 Å². The quantitative estimate of drug-likeness (QED) is 0.359. The summed E-state index contributed by atoms with van der Waals surface area (Å²) < 4.78 is 5.01. The molecule has 19 heavy (non-hydrogen) atoms. The van der Waals surface area contributed by atoms with Crippen LogP contribution in [0.15, 0.2) is 29.8 Å². The molecule has 0 atom stereocenters. The SMILES string of the molecule is CC(=O)/C(=C\c1cccc(C#N)c1)C(=O)OC(C)C. The molecule has 0 heterocycles. The van der Waals surface area contributed by atoms with Crippen LogP contribution in [0.2, 0.25) is 0 Å². The lowest BCUT2D eigenvalue weighted by Crippen LogP contribution is -2.17. The minimum Gasteiger partial charge on any atom is -0.459 e. The smallest absolute Gasteiger partial charge is 0.342 e. The number of esters is 1. The zero-order chi connectivity index (χ0) is 14.4. The highest BCUT2D eigenvalue weighted by atomic mass is 16.5. The molecule has 1 rings (SSSR count). The van der Waals surface area contributed by atoms with Crippen LogP contribution in [0.25, 0.3) is 6.08 Å². The summed E-state index contributed by atoms with van der Waals surface area (Å²) in [5, 5.41) is 8.80. The molecule has 0 unspecified atom stereocenters. The minimum atomic E-state index is -0.648. The molecule has 0 bridgehead atoms. The largest absolute Gasteiger partial charge is 0.459 e. The van der Waals surface area contributed by atoms with E-state index in [2.05, 4.69) is 0 Å². The molecular weight excluding hydrogens is 242 g/mol. The summed E-state index contributed by atoms with van der Waals surface area (Å²) in [7, 11) is 0. The monoisotopic (exact) mass is 257 g/mol. The molecule has 4 heteroatoms. The maximum Gasteiger partial charge on any atom is 0.342 e. The van der Waals surface area contributed by atoms with E-state index in [0.717, 1.165) is 0 Å². The standard InChI is InChI=1S/C15H15NO3/c1-10(2)19-15(18)14(11(3)17)8-12-5-4-6-13(7-12)9-16/h4-8,10H,1-3H3/b14-8+. The first-order valence-corrected chi connectivity index (χ1v) is 5.88. The first kappa shape index (κ1) is 14.7. The molecule has 0 spiro atoms. The third-order valence-corrected chi connectivity index (χ3v) is 2.27. The van der Waals surface area contributed by atoms with Crippen molar-refractivity contribution in [2.45, 2.75) is 26.9 Å². The zero-order valence-corrected chi connectivity index (χ0v) is 11.1. The van der Waals surface area contributed by atoms with Gasteiger partial charge in [0.25, 0.3) is 0 Å².